The van der Waals surface area contributed by atoms with E-state index in [4.69, 9.17) is 5.84 Å². The first-order valence-electron chi connectivity index (χ1n) is 5.81. The number of amides is 1. The first kappa shape index (κ1) is 13.4. The number of nitrogen functional groups attached to an aromatic ring is 1. The highest BCUT2D eigenvalue weighted by Gasteiger charge is 2.10. The monoisotopic (exact) mass is 277 g/mol. The second kappa shape index (κ2) is 6.26. The van der Waals surface area contributed by atoms with Crippen molar-refractivity contribution in [3.63, 3.8) is 0 Å². The van der Waals surface area contributed by atoms with Crippen LogP contribution < -0.4 is 16.6 Å². The second-order valence-corrected chi connectivity index (χ2v) is 4.88. The van der Waals surface area contributed by atoms with Crippen LogP contribution in [0, 0.1) is 6.92 Å². The van der Waals surface area contributed by atoms with Crippen molar-refractivity contribution in [2.24, 2.45) is 5.84 Å². The van der Waals surface area contributed by atoms with E-state index in [2.05, 4.69) is 20.7 Å². The normalized spacial score (nSPS) is 10.2. The van der Waals surface area contributed by atoms with E-state index < -0.39 is 0 Å². The van der Waals surface area contributed by atoms with Gasteiger partial charge in [0, 0.05) is 30.2 Å². The fourth-order valence-corrected chi connectivity index (χ4v) is 2.38. The standard InChI is InChI=1S/C12H15N5OS/c1-8-7-19-10(16-8)4-6-15-12(18)9-3-2-5-14-11(9)17-13/h2-3,5,7H,4,6,13H2,1H3,(H,14,17)(H,15,18). The fraction of sp³-hybridized carbons (Fsp3) is 0.250. The van der Waals surface area contributed by atoms with Crippen molar-refractivity contribution in [2.45, 2.75) is 13.3 Å². The van der Waals surface area contributed by atoms with E-state index in [1.807, 2.05) is 12.3 Å². The zero-order chi connectivity index (χ0) is 13.7. The third kappa shape index (κ3) is 3.49. The van der Waals surface area contributed by atoms with E-state index in [0.29, 0.717) is 17.9 Å². The van der Waals surface area contributed by atoms with Gasteiger partial charge in [-0.15, -0.1) is 11.3 Å². The summed E-state index contributed by atoms with van der Waals surface area (Å²) in [6.45, 7) is 2.48. The summed E-state index contributed by atoms with van der Waals surface area (Å²) >= 11 is 1.60. The van der Waals surface area contributed by atoms with Crippen molar-refractivity contribution in [1.29, 1.82) is 0 Å². The molecule has 100 valence electrons. The van der Waals surface area contributed by atoms with Crippen LogP contribution in [0.5, 0.6) is 0 Å². The molecule has 4 N–H and O–H groups in total. The number of carbonyl (C=O) groups excluding carboxylic acids is 1. The number of aryl methyl sites for hydroxylation is 1. The van der Waals surface area contributed by atoms with Gasteiger partial charge >= 0.3 is 0 Å². The number of aromatic nitrogens is 2. The van der Waals surface area contributed by atoms with Crippen molar-refractivity contribution in [1.82, 2.24) is 15.3 Å². The quantitative estimate of drug-likeness (QED) is 0.562. The number of rotatable bonds is 5. The minimum atomic E-state index is -0.200. The summed E-state index contributed by atoms with van der Waals surface area (Å²) < 4.78 is 0. The maximum Gasteiger partial charge on any atom is 0.255 e. The van der Waals surface area contributed by atoms with Gasteiger partial charge in [-0.1, -0.05) is 0 Å². The molecule has 2 rings (SSSR count). The molecular weight excluding hydrogens is 262 g/mol. The first-order valence-corrected chi connectivity index (χ1v) is 6.69. The third-order valence-electron chi connectivity index (χ3n) is 2.48. The number of carbonyl (C=O) groups is 1. The summed E-state index contributed by atoms with van der Waals surface area (Å²) in [4.78, 5) is 20.3. The van der Waals surface area contributed by atoms with Crippen LogP contribution in [0.2, 0.25) is 0 Å². The summed E-state index contributed by atoms with van der Waals surface area (Å²) in [5.74, 6) is 5.48. The van der Waals surface area contributed by atoms with Crippen LogP contribution in [0.3, 0.4) is 0 Å². The molecule has 0 radical (unpaired) electrons. The molecule has 2 aromatic rings. The van der Waals surface area contributed by atoms with Crippen LogP contribution >= 0.6 is 11.3 Å². The van der Waals surface area contributed by atoms with Gasteiger partial charge in [-0.3, -0.25) is 4.79 Å². The van der Waals surface area contributed by atoms with Gasteiger partial charge in [0.2, 0.25) is 0 Å². The molecule has 0 aromatic carbocycles. The summed E-state index contributed by atoms with van der Waals surface area (Å²) in [5.41, 5.74) is 3.84. The van der Waals surface area contributed by atoms with Gasteiger partial charge in [0.1, 0.15) is 0 Å². The lowest BCUT2D eigenvalue weighted by Crippen LogP contribution is -2.27. The SMILES string of the molecule is Cc1csc(CCNC(=O)c2cccnc2NN)n1. The van der Waals surface area contributed by atoms with Gasteiger partial charge in [0.15, 0.2) is 5.82 Å². The Balaban J connectivity index is 1.90. The number of hydrogen-bond donors (Lipinski definition) is 3. The minimum absolute atomic E-state index is 0.200. The number of hydrogen-bond acceptors (Lipinski definition) is 6. The summed E-state index contributed by atoms with van der Waals surface area (Å²) in [6.07, 6.45) is 2.29. The zero-order valence-electron chi connectivity index (χ0n) is 10.5. The lowest BCUT2D eigenvalue weighted by atomic mass is 10.2. The summed E-state index contributed by atoms with van der Waals surface area (Å²) in [7, 11) is 0. The third-order valence-corrected chi connectivity index (χ3v) is 3.51. The Bertz CT molecular complexity index is 569. The highest BCUT2D eigenvalue weighted by molar-refractivity contribution is 7.09. The molecule has 7 heteroatoms. The molecule has 0 aliphatic heterocycles. The van der Waals surface area contributed by atoms with E-state index in [1.165, 1.54) is 0 Å². The van der Waals surface area contributed by atoms with E-state index in [-0.39, 0.29) is 5.91 Å². The highest BCUT2D eigenvalue weighted by Crippen LogP contribution is 2.10. The first-order chi connectivity index (χ1) is 9.20. The topological polar surface area (TPSA) is 92.9 Å². The van der Waals surface area contributed by atoms with Crippen molar-refractivity contribution >= 4 is 23.1 Å². The van der Waals surface area contributed by atoms with Crippen molar-refractivity contribution in [3.8, 4) is 0 Å². The number of thiazole rings is 1. The highest BCUT2D eigenvalue weighted by atomic mass is 32.1. The molecule has 2 heterocycles. The minimum Gasteiger partial charge on any atom is -0.351 e. The molecule has 0 atom stereocenters. The molecule has 0 saturated carbocycles. The molecule has 0 saturated heterocycles. The van der Waals surface area contributed by atoms with E-state index in [0.717, 1.165) is 17.1 Å². The Hall–Kier alpha value is -1.99. The maximum absolute atomic E-state index is 12.0. The lowest BCUT2D eigenvalue weighted by Gasteiger charge is -2.07. The predicted octanol–water partition coefficient (Wildman–Crippen LogP) is 1.10. The fourth-order valence-electron chi connectivity index (χ4n) is 1.60. The van der Waals surface area contributed by atoms with Crippen LogP contribution in [0.4, 0.5) is 5.82 Å². The van der Waals surface area contributed by atoms with Crippen molar-refractivity contribution < 1.29 is 4.79 Å². The Morgan fingerprint density at radius 3 is 3.05 bits per heavy atom. The van der Waals surface area contributed by atoms with E-state index in [1.54, 1.807) is 29.7 Å². The zero-order valence-corrected chi connectivity index (χ0v) is 11.3. The Morgan fingerprint density at radius 2 is 2.37 bits per heavy atom. The Kier molecular flexibility index (Phi) is 4.43. The average Bonchev–Trinajstić information content (AvgIpc) is 2.84. The second-order valence-electron chi connectivity index (χ2n) is 3.93. The summed E-state index contributed by atoms with van der Waals surface area (Å²) in [5, 5.41) is 5.83. The van der Waals surface area contributed by atoms with Crippen LogP contribution in [0.1, 0.15) is 21.1 Å². The smallest absolute Gasteiger partial charge is 0.255 e. The van der Waals surface area contributed by atoms with E-state index >= 15 is 0 Å². The molecule has 0 spiro atoms. The number of nitrogens with zero attached hydrogens (tertiary/aromatic N) is 2. The van der Waals surface area contributed by atoms with E-state index in [9.17, 15) is 4.79 Å². The number of anilines is 1. The Labute approximate surface area is 115 Å². The molecular formula is C12H15N5OS. The lowest BCUT2D eigenvalue weighted by molar-refractivity contribution is 0.0954. The number of hydrazine groups is 1. The molecule has 0 fully saturated rings. The summed E-state index contributed by atoms with van der Waals surface area (Å²) in [6, 6.07) is 3.37. The van der Waals surface area contributed by atoms with Gasteiger partial charge in [0.05, 0.1) is 10.6 Å². The molecule has 19 heavy (non-hydrogen) atoms. The average molecular weight is 277 g/mol. The molecule has 0 aliphatic carbocycles. The molecule has 2 aromatic heterocycles. The molecule has 1 amide bonds. The molecule has 6 nitrogen and oxygen atoms in total. The number of nitrogens with one attached hydrogen (secondary N) is 2. The van der Waals surface area contributed by atoms with Crippen molar-refractivity contribution in [2.75, 3.05) is 12.0 Å². The Morgan fingerprint density at radius 1 is 1.53 bits per heavy atom. The van der Waals surface area contributed by atoms with Gasteiger partial charge in [-0.2, -0.15) is 0 Å². The van der Waals surface area contributed by atoms with Crippen LogP contribution in [0.25, 0.3) is 0 Å². The van der Waals surface area contributed by atoms with Gasteiger partial charge < -0.3 is 10.7 Å². The van der Waals surface area contributed by atoms with Gasteiger partial charge in [-0.05, 0) is 19.1 Å². The maximum atomic E-state index is 12.0. The number of pyridine rings is 1. The van der Waals surface area contributed by atoms with Crippen LogP contribution in [-0.2, 0) is 6.42 Å². The molecule has 0 aliphatic rings. The molecule has 0 bridgehead atoms. The molecule has 0 unspecified atom stereocenters. The van der Waals surface area contributed by atoms with Gasteiger partial charge in [0.25, 0.3) is 5.91 Å². The predicted molar refractivity (Wildman–Crippen MR) is 74.9 cm³/mol. The number of nitrogens with two attached hydrogens (primary N) is 1. The van der Waals surface area contributed by atoms with Crippen LogP contribution in [0.15, 0.2) is 23.7 Å². The van der Waals surface area contributed by atoms with Gasteiger partial charge in [-0.25, -0.2) is 15.8 Å². The van der Waals surface area contributed by atoms with Crippen LogP contribution in [-0.4, -0.2) is 22.4 Å². The van der Waals surface area contributed by atoms with Crippen molar-refractivity contribution in [3.05, 3.63) is 40.0 Å². The largest absolute Gasteiger partial charge is 0.351 e.